The van der Waals surface area contributed by atoms with Crippen molar-refractivity contribution < 1.29 is 19.4 Å². The van der Waals surface area contributed by atoms with Gasteiger partial charge in [0.25, 0.3) is 5.91 Å². The van der Waals surface area contributed by atoms with Crippen molar-refractivity contribution in [3.8, 4) is 5.75 Å². The van der Waals surface area contributed by atoms with E-state index in [2.05, 4.69) is 10.6 Å². The quantitative estimate of drug-likeness (QED) is 0.651. The first kappa shape index (κ1) is 20.4. The molecule has 2 rings (SSSR count). The molecule has 0 unspecified atom stereocenters. The zero-order valence-corrected chi connectivity index (χ0v) is 16.2. The molecule has 0 aliphatic rings. The van der Waals surface area contributed by atoms with Crippen LogP contribution < -0.4 is 15.4 Å². The summed E-state index contributed by atoms with van der Waals surface area (Å²) >= 11 is 5.16. The zero-order valence-electron chi connectivity index (χ0n) is 15.4. The molecule has 0 radical (unpaired) electrons. The van der Waals surface area contributed by atoms with Crippen LogP contribution in [0.3, 0.4) is 0 Å². The van der Waals surface area contributed by atoms with Gasteiger partial charge in [-0.1, -0.05) is 13.0 Å². The Morgan fingerprint density at radius 2 is 1.78 bits per heavy atom. The van der Waals surface area contributed by atoms with E-state index in [9.17, 15) is 9.59 Å². The minimum absolute atomic E-state index is 0.0885. The molecule has 142 valence electrons. The second-order valence-electron chi connectivity index (χ2n) is 6.10. The van der Waals surface area contributed by atoms with Crippen LogP contribution in [-0.4, -0.2) is 28.2 Å². The van der Waals surface area contributed by atoms with Gasteiger partial charge in [-0.2, -0.15) is 0 Å². The van der Waals surface area contributed by atoms with Crippen molar-refractivity contribution in [1.29, 1.82) is 0 Å². The van der Waals surface area contributed by atoms with Gasteiger partial charge in [-0.3, -0.25) is 10.1 Å². The van der Waals surface area contributed by atoms with Crippen LogP contribution in [0.15, 0.2) is 42.5 Å². The molecule has 0 aromatic heterocycles. The van der Waals surface area contributed by atoms with Gasteiger partial charge >= 0.3 is 5.97 Å². The van der Waals surface area contributed by atoms with Gasteiger partial charge in [-0.25, -0.2) is 4.79 Å². The van der Waals surface area contributed by atoms with E-state index in [4.69, 9.17) is 22.1 Å². The summed E-state index contributed by atoms with van der Waals surface area (Å²) in [6.45, 7) is 5.83. The van der Waals surface area contributed by atoms with E-state index in [1.54, 1.807) is 30.3 Å². The number of carboxylic acids is 1. The molecule has 0 aliphatic heterocycles. The first-order valence-corrected chi connectivity index (χ1v) is 8.94. The molecule has 6 nitrogen and oxygen atoms in total. The lowest BCUT2D eigenvalue weighted by Crippen LogP contribution is -2.34. The number of carbonyl (C=O) groups excluding carboxylic acids is 1. The molecular formula is C20H22N2O4S. The number of nitrogens with one attached hydrogen (secondary N) is 2. The Balaban J connectivity index is 2.00. The summed E-state index contributed by atoms with van der Waals surface area (Å²) in [5.74, 6) is -0.704. The summed E-state index contributed by atoms with van der Waals surface area (Å²) in [5, 5.41) is 14.6. The van der Waals surface area contributed by atoms with Crippen LogP contribution in [0.2, 0.25) is 0 Å². The minimum Gasteiger partial charge on any atom is -0.491 e. The van der Waals surface area contributed by atoms with E-state index < -0.39 is 5.97 Å². The highest BCUT2D eigenvalue weighted by Gasteiger charge is 2.11. The Hall–Kier alpha value is -2.93. The number of benzene rings is 2. The predicted molar refractivity (Wildman–Crippen MR) is 109 cm³/mol. The number of carboxylic acid groups (broad SMARTS) is 1. The highest BCUT2D eigenvalue weighted by molar-refractivity contribution is 7.80. The number of amides is 1. The molecule has 0 aliphatic carbocycles. The largest absolute Gasteiger partial charge is 0.491 e. The van der Waals surface area contributed by atoms with E-state index in [0.29, 0.717) is 17.0 Å². The molecule has 0 heterocycles. The third kappa shape index (κ3) is 5.79. The molecule has 1 atom stereocenters. The summed E-state index contributed by atoms with van der Waals surface area (Å²) < 4.78 is 5.68. The average molecular weight is 386 g/mol. The molecule has 0 bridgehead atoms. The number of rotatable bonds is 6. The van der Waals surface area contributed by atoms with Crippen molar-refractivity contribution in [1.82, 2.24) is 5.32 Å². The number of carbonyl (C=O) groups is 2. The second kappa shape index (κ2) is 9.14. The van der Waals surface area contributed by atoms with E-state index in [1.165, 1.54) is 12.1 Å². The first-order chi connectivity index (χ1) is 12.8. The summed E-state index contributed by atoms with van der Waals surface area (Å²) in [5.41, 5.74) is 1.90. The minimum atomic E-state index is -1.03. The maximum Gasteiger partial charge on any atom is 0.335 e. The molecular weight excluding hydrogens is 364 g/mol. The number of aromatic carboxylic acids is 1. The lowest BCUT2D eigenvalue weighted by atomic mass is 10.1. The van der Waals surface area contributed by atoms with Crippen molar-refractivity contribution in [2.24, 2.45) is 0 Å². The van der Waals surface area contributed by atoms with Crippen molar-refractivity contribution in [2.75, 3.05) is 5.32 Å². The average Bonchev–Trinajstić information content (AvgIpc) is 2.63. The van der Waals surface area contributed by atoms with Crippen LogP contribution in [0.5, 0.6) is 5.75 Å². The summed E-state index contributed by atoms with van der Waals surface area (Å²) in [6, 6.07) is 11.4. The molecule has 0 spiro atoms. The fourth-order valence-corrected chi connectivity index (χ4v) is 2.42. The fraction of sp³-hybridized carbons (Fsp3) is 0.250. The second-order valence-corrected chi connectivity index (χ2v) is 6.51. The van der Waals surface area contributed by atoms with Gasteiger partial charge in [-0.05, 0) is 74.4 Å². The van der Waals surface area contributed by atoms with Gasteiger partial charge in [-0.15, -0.1) is 0 Å². The summed E-state index contributed by atoms with van der Waals surface area (Å²) in [4.78, 5) is 23.4. The number of anilines is 1. The van der Waals surface area contributed by atoms with E-state index in [0.717, 1.165) is 12.0 Å². The topological polar surface area (TPSA) is 87.7 Å². The van der Waals surface area contributed by atoms with Gasteiger partial charge in [0.2, 0.25) is 0 Å². The normalized spacial score (nSPS) is 11.4. The van der Waals surface area contributed by atoms with Gasteiger partial charge in [0, 0.05) is 11.3 Å². The molecule has 27 heavy (non-hydrogen) atoms. The molecule has 1 amide bonds. The Morgan fingerprint density at radius 1 is 1.15 bits per heavy atom. The highest BCUT2D eigenvalue weighted by atomic mass is 32.1. The van der Waals surface area contributed by atoms with Crippen LogP contribution in [-0.2, 0) is 0 Å². The fourth-order valence-electron chi connectivity index (χ4n) is 2.22. The molecule has 2 aromatic carbocycles. The summed E-state index contributed by atoms with van der Waals surface area (Å²) in [7, 11) is 0. The maximum atomic E-state index is 12.3. The Labute approximate surface area is 163 Å². The maximum absolute atomic E-state index is 12.3. The van der Waals surface area contributed by atoms with Crippen molar-refractivity contribution in [3.05, 3.63) is 59.2 Å². The molecule has 2 aromatic rings. The summed E-state index contributed by atoms with van der Waals surface area (Å²) in [6.07, 6.45) is 0.997. The van der Waals surface area contributed by atoms with Crippen LogP contribution in [0.25, 0.3) is 0 Å². The van der Waals surface area contributed by atoms with Crippen LogP contribution in [0, 0.1) is 6.92 Å². The number of aryl methyl sites for hydroxylation is 1. The zero-order chi connectivity index (χ0) is 20.0. The number of ether oxygens (including phenoxy) is 1. The third-order valence-corrected chi connectivity index (χ3v) is 4.19. The Bertz CT molecular complexity index is 850. The SMILES string of the molecule is CC[C@H](C)Oc1ccc(C(=O)NC(=S)Nc2cc(C(=O)O)ccc2C)cc1. The number of thiocarbonyl (C=S) groups is 1. The molecule has 3 N–H and O–H groups in total. The van der Waals surface area contributed by atoms with Gasteiger partial charge < -0.3 is 15.2 Å². The predicted octanol–water partition coefficient (Wildman–Crippen LogP) is 4.00. The molecule has 0 saturated carbocycles. The standard InChI is InChI=1S/C20H22N2O4S/c1-4-13(3)26-16-9-7-14(8-10-16)18(23)22-20(27)21-17-11-15(19(24)25)6-5-12(17)2/h5-11,13H,4H2,1-3H3,(H,24,25)(H2,21,22,23,27)/t13-/m0/s1. The molecule has 0 saturated heterocycles. The lowest BCUT2D eigenvalue weighted by molar-refractivity contribution is 0.0696. The van der Waals surface area contributed by atoms with Crippen molar-refractivity contribution in [3.63, 3.8) is 0 Å². The van der Waals surface area contributed by atoms with E-state index in [-0.39, 0.29) is 22.7 Å². The Kier molecular flexibility index (Phi) is 6.90. The van der Waals surface area contributed by atoms with E-state index >= 15 is 0 Å². The number of hydrogen-bond donors (Lipinski definition) is 3. The van der Waals surface area contributed by atoms with Crippen LogP contribution in [0.4, 0.5) is 5.69 Å². The van der Waals surface area contributed by atoms with Crippen molar-refractivity contribution in [2.45, 2.75) is 33.3 Å². The molecule has 7 heteroatoms. The highest BCUT2D eigenvalue weighted by Crippen LogP contribution is 2.17. The first-order valence-electron chi connectivity index (χ1n) is 8.53. The monoisotopic (exact) mass is 386 g/mol. The van der Waals surface area contributed by atoms with Crippen LogP contribution in [0.1, 0.15) is 46.5 Å². The number of hydrogen-bond acceptors (Lipinski definition) is 4. The van der Waals surface area contributed by atoms with Crippen LogP contribution >= 0.6 is 12.2 Å². The lowest BCUT2D eigenvalue weighted by Gasteiger charge is -2.14. The smallest absolute Gasteiger partial charge is 0.335 e. The van der Waals surface area contributed by atoms with Gasteiger partial charge in [0.05, 0.1) is 11.7 Å². The Morgan fingerprint density at radius 3 is 2.37 bits per heavy atom. The van der Waals surface area contributed by atoms with Gasteiger partial charge in [0.1, 0.15) is 5.75 Å². The van der Waals surface area contributed by atoms with Crippen molar-refractivity contribution >= 4 is 34.9 Å². The van der Waals surface area contributed by atoms with Gasteiger partial charge in [0.15, 0.2) is 5.11 Å². The third-order valence-electron chi connectivity index (χ3n) is 3.99. The molecule has 0 fully saturated rings. The van der Waals surface area contributed by atoms with E-state index in [1.807, 2.05) is 20.8 Å².